The third-order valence-corrected chi connectivity index (χ3v) is 3.43. The van der Waals surface area contributed by atoms with Gasteiger partial charge in [0.2, 0.25) is 0 Å². The SMILES string of the molecule is CCc1nc2ccccn2c1C(=O)Nc1cccc(C)c1. The highest BCUT2D eigenvalue weighted by molar-refractivity contribution is 6.04. The third-order valence-electron chi connectivity index (χ3n) is 3.43. The fourth-order valence-electron chi connectivity index (χ4n) is 2.44. The van der Waals surface area contributed by atoms with Crippen molar-refractivity contribution in [2.24, 2.45) is 0 Å². The Morgan fingerprint density at radius 1 is 1.24 bits per heavy atom. The summed E-state index contributed by atoms with van der Waals surface area (Å²) in [5.41, 5.74) is 4.12. The largest absolute Gasteiger partial charge is 0.321 e. The Morgan fingerprint density at radius 2 is 2.10 bits per heavy atom. The highest BCUT2D eigenvalue weighted by atomic mass is 16.2. The Bertz CT molecular complexity index is 805. The summed E-state index contributed by atoms with van der Waals surface area (Å²) in [6, 6.07) is 13.5. The van der Waals surface area contributed by atoms with Crippen molar-refractivity contribution in [3.05, 3.63) is 65.6 Å². The normalized spacial score (nSPS) is 10.8. The molecule has 3 rings (SSSR count). The van der Waals surface area contributed by atoms with Crippen LogP contribution in [0.3, 0.4) is 0 Å². The monoisotopic (exact) mass is 279 g/mol. The molecule has 0 aliphatic carbocycles. The van der Waals surface area contributed by atoms with E-state index in [1.807, 2.05) is 66.9 Å². The van der Waals surface area contributed by atoms with E-state index in [1.54, 1.807) is 0 Å². The fraction of sp³-hybridized carbons (Fsp3) is 0.176. The molecular formula is C17H17N3O. The summed E-state index contributed by atoms with van der Waals surface area (Å²) in [6.07, 6.45) is 2.59. The summed E-state index contributed by atoms with van der Waals surface area (Å²) in [6.45, 7) is 4.01. The standard InChI is InChI=1S/C17H17N3O/c1-3-14-16(20-10-5-4-9-15(20)19-14)17(21)18-13-8-6-7-12(2)11-13/h4-11H,3H2,1-2H3,(H,18,21). The first-order valence-corrected chi connectivity index (χ1v) is 7.03. The van der Waals surface area contributed by atoms with Crippen LogP contribution in [0.2, 0.25) is 0 Å². The molecule has 4 heteroatoms. The Kier molecular flexibility index (Phi) is 3.44. The van der Waals surface area contributed by atoms with Gasteiger partial charge in [0.15, 0.2) is 0 Å². The number of anilines is 1. The van der Waals surface area contributed by atoms with Crippen LogP contribution in [0, 0.1) is 6.92 Å². The second-order valence-corrected chi connectivity index (χ2v) is 5.01. The Morgan fingerprint density at radius 3 is 2.86 bits per heavy atom. The lowest BCUT2D eigenvalue weighted by Gasteiger charge is -2.07. The summed E-state index contributed by atoms with van der Waals surface area (Å²) in [4.78, 5) is 17.1. The van der Waals surface area contributed by atoms with Gasteiger partial charge in [-0.25, -0.2) is 4.98 Å². The number of fused-ring (bicyclic) bond motifs is 1. The van der Waals surface area contributed by atoms with E-state index in [4.69, 9.17) is 0 Å². The minimum atomic E-state index is -0.129. The second-order valence-electron chi connectivity index (χ2n) is 5.01. The average molecular weight is 279 g/mol. The molecule has 0 aliphatic heterocycles. The smallest absolute Gasteiger partial charge is 0.274 e. The van der Waals surface area contributed by atoms with E-state index in [0.717, 1.165) is 29.0 Å². The summed E-state index contributed by atoms with van der Waals surface area (Å²) >= 11 is 0. The van der Waals surface area contributed by atoms with E-state index in [1.165, 1.54) is 0 Å². The lowest BCUT2D eigenvalue weighted by atomic mass is 10.2. The highest BCUT2D eigenvalue weighted by Crippen LogP contribution is 2.16. The zero-order chi connectivity index (χ0) is 14.8. The number of aromatic nitrogens is 2. The fourth-order valence-corrected chi connectivity index (χ4v) is 2.44. The van der Waals surface area contributed by atoms with Crippen molar-refractivity contribution in [3.63, 3.8) is 0 Å². The van der Waals surface area contributed by atoms with Crippen LogP contribution in [0.15, 0.2) is 48.7 Å². The van der Waals surface area contributed by atoms with E-state index in [2.05, 4.69) is 10.3 Å². The molecule has 1 N–H and O–H groups in total. The maximum atomic E-state index is 12.6. The van der Waals surface area contributed by atoms with Crippen molar-refractivity contribution >= 4 is 17.2 Å². The maximum absolute atomic E-state index is 12.6. The Labute approximate surface area is 123 Å². The molecule has 106 valence electrons. The number of imidazole rings is 1. The average Bonchev–Trinajstić information content (AvgIpc) is 2.85. The molecule has 0 fully saturated rings. The number of hydrogen-bond donors (Lipinski definition) is 1. The molecule has 21 heavy (non-hydrogen) atoms. The molecule has 0 aliphatic rings. The first-order valence-electron chi connectivity index (χ1n) is 7.03. The van der Waals surface area contributed by atoms with Crippen LogP contribution in [-0.2, 0) is 6.42 Å². The molecule has 0 spiro atoms. The zero-order valence-corrected chi connectivity index (χ0v) is 12.1. The summed E-state index contributed by atoms with van der Waals surface area (Å²) in [5.74, 6) is -0.129. The second kappa shape index (κ2) is 5.40. The van der Waals surface area contributed by atoms with Crippen molar-refractivity contribution in [3.8, 4) is 0 Å². The maximum Gasteiger partial charge on any atom is 0.274 e. The number of carbonyl (C=O) groups is 1. The number of pyridine rings is 1. The molecule has 0 saturated heterocycles. The van der Waals surface area contributed by atoms with Gasteiger partial charge >= 0.3 is 0 Å². The van der Waals surface area contributed by atoms with Crippen molar-refractivity contribution in [1.82, 2.24) is 9.38 Å². The van der Waals surface area contributed by atoms with Crippen LogP contribution >= 0.6 is 0 Å². The number of nitrogens with one attached hydrogen (secondary N) is 1. The molecule has 4 nitrogen and oxygen atoms in total. The number of nitrogens with zero attached hydrogens (tertiary/aromatic N) is 2. The van der Waals surface area contributed by atoms with Gasteiger partial charge in [0, 0.05) is 11.9 Å². The first-order chi connectivity index (χ1) is 10.2. The number of amides is 1. The predicted octanol–water partition coefficient (Wildman–Crippen LogP) is 3.46. The van der Waals surface area contributed by atoms with Gasteiger partial charge in [0.1, 0.15) is 11.3 Å². The lowest BCUT2D eigenvalue weighted by molar-refractivity contribution is 0.102. The predicted molar refractivity (Wildman–Crippen MR) is 83.7 cm³/mol. The molecule has 3 aromatic rings. The Hall–Kier alpha value is -2.62. The van der Waals surface area contributed by atoms with Crippen LogP contribution in [0.4, 0.5) is 5.69 Å². The third kappa shape index (κ3) is 2.52. The van der Waals surface area contributed by atoms with Gasteiger partial charge in [-0.2, -0.15) is 0 Å². The van der Waals surface area contributed by atoms with E-state index in [0.29, 0.717) is 5.69 Å². The number of benzene rings is 1. The van der Waals surface area contributed by atoms with Gasteiger partial charge in [0.05, 0.1) is 5.69 Å². The van der Waals surface area contributed by atoms with Gasteiger partial charge in [-0.3, -0.25) is 9.20 Å². The van der Waals surface area contributed by atoms with Crippen molar-refractivity contribution in [1.29, 1.82) is 0 Å². The highest BCUT2D eigenvalue weighted by Gasteiger charge is 2.17. The van der Waals surface area contributed by atoms with E-state index >= 15 is 0 Å². The minimum Gasteiger partial charge on any atom is -0.321 e. The topological polar surface area (TPSA) is 46.4 Å². The van der Waals surface area contributed by atoms with Crippen molar-refractivity contribution in [2.45, 2.75) is 20.3 Å². The van der Waals surface area contributed by atoms with Gasteiger partial charge in [-0.1, -0.05) is 25.1 Å². The lowest BCUT2D eigenvalue weighted by Crippen LogP contribution is -2.16. The molecule has 1 aromatic carbocycles. The van der Waals surface area contributed by atoms with Crippen LogP contribution in [0.5, 0.6) is 0 Å². The van der Waals surface area contributed by atoms with E-state index < -0.39 is 0 Å². The van der Waals surface area contributed by atoms with E-state index in [9.17, 15) is 4.79 Å². The molecule has 2 aromatic heterocycles. The van der Waals surface area contributed by atoms with Crippen LogP contribution in [0.1, 0.15) is 28.7 Å². The number of hydrogen-bond acceptors (Lipinski definition) is 2. The molecular weight excluding hydrogens is 262 g/mol. The summed E-state index contributed by atoms with van der Waals surface area (Å²) in [7, 11) is 0. The van der Waals surface area contributed by atoms with Gasteiger partial charge in [-0.05, 0) is 43.2 Å². The minimum absolute atomic E-state index is 0.129. The molecule has 2 heterocycles. The summed E-state index contributed by atoms with van der Waals surface area (Å²) < 4.78 is 1.84. The van der Waals surface area contributed by atoms with Gasteiger partial charge < -0.3 is 5.32 Å². The van der Waals surface area contributed by atoms with Crippen LogP contribution in [-0.4, -0.2) is 15.3 Å². The summed E-state index contributed by atoms with van der Waals surface area (Å²) in [5, 5.41) is 2.95. The zero-order valence-electron chi connectivity index (χ0n) is 12.1. The van der Waals surface area contributed by atoms with Crippen molar-refractivity contribution in [2.75, 3.05) is 5.32 Å². The van der Waals surface area contributed by atoms with Gasteiger partial charge in [-0.15, -0.1) is 0 Å². The molecule has 0 saturated carbocycles. The van der Waals surface area contributed by atoms with Crippen LogP contribution in [0.25, 0.3) is 5.65 Å². The molecule has 0 radical (unpaired) electrons. The van der Waals surface area contributed by atoms with E-state index in [-0.39, 0.29) is 5.91 Å². The molecule has 1 amide bonds. The number of aryl methyl sites for hydroxylation is 2. The molecule has 0 atom stereocenters. The number of carbonyl (C=O) groups excluding carboxylic acids is 1. The van der Waals surface area contributed by atoms with Crippen LogP contribution < -0.4 is 5.32 Å². The Balaban J connectivity index is 2.01. The van der Waals surface area contributed by atoms with Gasteiger partial charge in [0.25, 0.3) is 5.91 Å². The first kappa shape index (κ1) is 13.4. The molecule has 0 unspecified atom stereocenters. The quantitative estimate of drug-likeness (QED) is 0.798. The molecule has 0 bridgehead atoms. The van der Waals surface area contributed by atoms with Crippen molar-refractivity contribution < 1.29 is 4.79 Å². The number of rotatable bonds is 3.